The van der Waals surface area contributed by atoms with Crippen LogP contribution in [0.3, 0.4) is 0 Å². The van der Waals surface area contributed by atoms with Crippen molar-refractivity contribution in [1.29, 1.82) is 0 Å². The van der Waals surface area contributed by atoms with E-state index in [1.165, 1.54) is 11.3 Å². The van der Waals surface area contributed by atoms with Gasteiger partial charge >= 0.3 is 5.97 Å². The third kappa shape index (κ3) is 3.74. The fourth-order valence-electron chi connectivity index (χ4n) is 4.08. The van der Waals surface area contributed by atoms with Crippen LogP contribution in [0.1, 0.15) is 32.6 Å². The Morgan fingerprint density at radius 3 is 2.69 bits per heavy atom. The van der Waals surface area contributed by atoms with E-state index in [0.29, 0.717) is 13.2 Å². The summed E-state index contributed by atoms with van der Waals surface area (Å²) in [5.74, 6) is -0.104. The van der Waals surface area contributed by atoms with Gasteiger partial charge in [0, 0.05) is 16.0 Å². The van der Waals surface area contributed by atoms with Crippen molar-refractivity contribution in [1.82, 2.24) is 0 Å². The van der Waals surface area contributed by atoms with Crippen LogP contribution in [0.5, 0.6) is 5.75 Å². The second kappa shape index (κ2) is 8.13. The lowest BCUT2D eigenvalue weighted by Gasteiger charge is -2.16. The summed E-state index contributed by atoms with van der Waals surface area (Å²) >= 11 is 1.52. The number of carboxylic acids is 1. The monoisotopic (exact) mass is 443 g/mol. The van der Waals surface area contributed by atoms with Gasteiger partial charge < -0.3 is 14.7 Å². The molecule has 1 aromatic heterocycles. The molecule has 5 nitrogen and oxygen atoms in total. The molecular formula is C26H21NO4S. The Labute approximate surface area is 189 Å². The minimum atomic E-state index is -0.836. The lowest BCUT2D eigenvalue weighted by Crippen LogP contribution is -2.22. The Kier molecular flexibility index (Phi) is 5.15. The molecule has 0 fully saturated rings. The summed E-state index contributed by atoms with van der Waals surface area (Å²) in [5.41, 5.74) is 5.58. The van der Waals surface area contributed by atoms with E-state index in [0.717, 1.165) is 49.3 Å². The highest BCUT2D eigenvalue weighted by Crippen LogP contribution is 2.33. The van der Waals surface area contributed by atoms with Gasteiger partial charge in [-0.05, 0) is 70.8 Å². The van der Waals surface area contributed by atoms with Crippen molar-refractivity contribution in [2.24, 2.45) is 0 Å². The average Bonchev–Trinajstić information content (AvgIpc) is 3.33. The topological polar surface area (TPSA) is 66.8 Å². The molecule has 0 unspecified atom stereocenters. The molecule has 3 aromatic carbocycles. The van der Waals surface area contributed by atoms with Crippen LogP contribution in [0.2, 0.25) is 0 Å². The van der Waals surface area contributed by atoms with Crippen molar-refractivity contribution in [2.45, 2.75) is 26.5 Å². The van der Waals surface area contributed by atoms with E-state index >= 15 is 0 Å². The molecule has 2 heterocycles. The highest BCUT2D eigenvalue weighted by Gasteiger charge is 2.30. The number of hydrogen-bond acceptors (Lipinski definition) is 4. The number of hydrogen-bond donors (Lipinski definition) is 1. The normalized spacial score (nSPS) is 12.9. The van der Waals surface area contributed by atoms with Gasteiger partial charge in [-0.2, -0.15) is 0 Å². The summed E-state index contributed by atoms with van der Waals surface area (Å²) in [7, 11) is 0. The van der Waals surface area contributed by atoms with Crippen LogP contribution >= 0.6 is 11.3 Å². The van der Waals surface area contributed by atoms with E-state index in [4.69, 9.17) is 9.84 Å². The number of anilines is 1. The van der Waals surface area contributed by atoms with E-state index in [9.17, 15) is 9.59 Å². The zero-order valence-corrected chi connectivity index (χ0v) is 18.3. The van der Waals surface area contributed by atoms with Gasteiger partial charge in [-0.3, -0.25) is 9.59 Å². The Morgan fingerprint density at radius 1 is 1.09 bits per heavy atom. The number of rotatable bonds is 6. The number of ether oxygens (including phenoxy) is 1. The summed E-state index contributed by atoms with van der Waals surface area (Å²) in [6.07, 6.45) is 0.0157. The summed E-state index contributed by atoms with van der Waals surface area (Å²) < 4.78 is 7.07. The van der Waals surface area contributed by atoms with Gasteiger partial charge in [0.1, 0.15) is 12.4 Å². The fourth-order valence-corrected chi connectivity index (χ4v) is 5.07. The van der Waals surface area contributed by atoms with Gasteiger partial charge in [0.05, 0.1) is 13.0 Å². The van der Waals surface area contributed by atoms with Crippen LogP contribution in [-0.4, -0.2) is 17.0 Å². The summed E-state index contributed by atoms with van der Waals surface area (Å²) in [6.45, 7) is 2.91. The second-order valence-electron chi connectivity index (χ2n) is 7.95. The molecule has 0 spiro atoms. The minimum Gasteiger partial charge on any atom is -0.489 e. The summed E-state index contributed by atoms with van der Waals surface area (Å²) in [6, 6.07) is 19.5. The van der Waals surface area contributed by atoms with E-state index in [-0.39, 0.29) is 12.3 Å². The first-order valence-corrected chi connectivity index (χ1v) is 11.2. The van der Waals surface area contributed by atoms with Crippen LogP contribution in [0, 0.1) is 6.92 Å². The number of thiophene rings is 1. The molecule has 6 heteroatoms. The molecule has 1 N–H and O–H groups in total. The average molecular weight is 444 g/mol. The van der Waals surface area contributed by atoms with Crippen molar-refractivity contribution >= 4 is 39.0 Å². The van der Waals surface area contributed by atoms with Gasteiger partial charge in [-0.25, -0.2) is 0 Å². The number of aliphatic carboxylic acids is 1. The first kappa shape index (κ1) is 20.3. The standard InChI is InChI=1S/C26H21NO4S/c1-16-5-7-19(8-6-16)27-13-23-17(3-2-4-22(23)26(27)30)14-31-20-9-10-21-18(11-25(28)29)15-32-24(21)12-20/h2-10,12,15H,11,13-14H2,1H3,(H,28,29). The number of aryl methyl sites for hydroxylation is 1. The van der Waals surface area contributed by atoms with Gasteiger partial charge in [-0.1, -0.05) is 29.8 Å². The highest BCUT2D eigenvalue weighted by atomic mass is 32.1. The Bertz CT molecular complexity index is 1340. The van der Waals surface area contributed by atoms with E-state index in [2.05, 4.69) is 0 Å². The van der Waals surface area contributed by atoms with Crippen molar-refractivity contribution in [3.05, 3.63) is 93.9 Å². The predicted octanol–water partition coefficient (Wildman–Crippen LogP) is 5.58. The van der Waals surface area contributed by atoms with Crippen molar-refractivity contribution in [2.75, 3.05) is 4.90 Å². The molecule has 0 saturated carbocycles. The third-order valence-corrected chi connectivity index (χ3v) is 6.77. The number of benzene rings is 3. The molecule has 0 saturated heterocycles. The Morgan fingerprint density at radius 2 is 1.91 bits per heavy atom. The van der Waals surface area contributed by atoms with Crippen molar-refractivity contribution in [3.8, 4) is 5.75 Å². The fraction of sp³-hybridized carbons (Fsp3) is 0.154. The van der Waals surface area contributed by atoms with Gasteiger partial charge in [0.15, 0.2) is 0 Å². The van der Waals surface area contributed by atoms with Crippen molar-refractivity contribution in [3.63, 3.8) is 0 Å². The molecule has 4 aromatic rings. The zero-order chi connectivity index (χ0) is 22.2. The Hall–Kier alpha value is -3.64. The first-order valence-electron chi connectivity index (χ1n) is 10.3. The van der Waals surface area contributed by atoms with Crippen LogP contribution in [0.4, 0.5) is 5.69 Å². The number of carbonyl (C=O) groups excluding carboxylic acids is 1. The van der Waals surface area contributed by atoms with E-state index in [1.54, 1.807) is 4.90 Å². The number of fused-ring (bicyclic) bond motifs is 2. The largest absolute Gasteiger partial charge is 0.489 e. The van der Waals surface area contributed by atoms with Crippen LogP contribution in [-0.2, 0) is 24.4 Å². The molecule has 0 aliphatic carbocycles. The molecule has 0 bridgehead atoms. The molecule has 5 rings (SSSR count). The quantitative estimate of drug-likeness (QED) is 0.423. The summed E-state index contributed by atoms with van der Waals surface area (Å²) in [5, 5.41) is 11.9. The molecule has 32 heavy (non-hydrogen) atoms. The third-order valence-electron chi connectivity index (χ3n) is 5.77. The lowest BCUT2D eigenvalue weighted by molar-refractivity contribution is -0.136. The second-order valence-corrected chi connectivity index (χ2v) is 8.86. The number of carbonyl (C=O) groups is 2. The van der Waals surface area contributed by atoms with Crippen LogP contribution in [0.25, 0.3) is 10.1 Å². The Balaban J connectivity index is 1.35. The molecule has 0 radical (unpaired) electrons. The van der Waals surface area contributed by atoms with E-state index < -0.39 is 5.97 Å². The van der Waals surface area contributed by atoms with Crippen LogP contribution < -0.4 is 9.64 Å². The molecule has 1 aliphatic rings. The maximum atomic E-state index is 13.0. The number of amides is 1. The lowest BCUT2D eigenvalue weighted by atomic mass is 10.0. The van der Waals surface area contributed by atoms with Crippen LogP contribution in [0.15, 0.2) is 66.0 Å². The molecule has 160 valence electrons. The molecule has 1 amide bonds. The molecule has 0 atom stereocenters. The van der Waals surface area contributed by atoms with Crippen molar-refractivity contribution < 1.29 is 19.4 Å². The maximum Gasteiger partial charge on any atom is 0.307 e. The minimum absolute atomic E-state index is 0.0108. The zero-order valence-electron chi connectivity index (χ0n) is 17.5. The number of carboxylic acid groups (broad SMARTS) is 1. The van der Waals surface area contributed by atoms with E-state index in [1.807, 2.05) is 73.0 Å². The molecule has 1 aliphatic heterocycles. The van der Waals surface area contributed by atoms with Gasteiger partial charge in [0.25, 0.3) is 5.91 Å². The summed E-state index contributed by atoms with van der Waals surface area (Å²) in [4.78, 5) is 25.8. The maximum absolute atomic E-state index is 13.0. The smallest absolute Gasteiger partial charge is 0.307 e. The van der Waals surface area contributed by atoms with Gasteiger partial charge in [-0.15, -0.1) is 11.3 Å². The number of nitrogens with zero attached hydrogens (tertiary/aromatic N) is 1. The highest BCUT2D eigenvalue weighted by molar-refractivity contribution is 7.17. The van der Waals surface area contributed by atoms with Gasteiger partial charge in [0.2, 0.25) is 0 Å². The molecular weight excluding hydrogens is 422 g/mol. The predicted molar refractivity (Wildman–Crippen MR) is 126 cm³/mol. The SMILES string of the molecule is Cc1ccc(N2Cc3c(COc4ccc5c(CC(=O)O)csc5c4)cccc3C2=O)cc1. The first-order chi connectivity index (χ1) is 15.5.